The molecule has 0 bridgehead atoms. The molecule has 0 fully saturated rings. The molecule has 2 heteroatoms. The van der Waals surface area contributed by atoms with Crippen molar-refractivity contribution in [3.8, 4) is 39.1 Å². The fourth-order valence-corrected chi connectivity index (χ4v) is 11.9. The van der Waals surface area contributed by atoms with Crippen molar-refractivity contribution in [3.63, 3.8) is 0 Å². The molecule has 2 nitrogen and oxygen atoms in total. The summed E-state index contributed by atoms with van der Waals surface area (Å²) in [6.07, 6.45) is 0. The molecule has 1 heterocycles. The molecule has 332 valence electrons. The van der Waals surface area contributed by atoms with Gasteiger partial charge in [-0.05, 0) is 132 Å². The zero-order valence-corrected chi connectivity index (χ0v) is 39.0. The predicted octanol–water partition coefficient (Wildman–Crippen LogP) is 18.3. The molecule has 0 saturated carbocycles. The van der Waals surface area contributed by atoms with Crippen molar-refractivity contribution in [1.29, 1.82) is 0 Å². The summed E-state index contributed by atoms with van der Waals surface area (Å²) < 4.78 is 2.48. The topological polar surface area (TPSA) is 8.17 Å². The zero-order valence-electron chi connectivity index (χ0n) is 39.0. The fourth-order valence-electron chi connectivity index (χ4n) is 11.9. The van der Waals surface area contributed by atoms with E-state index in [0.29, 0.717) is 0 Å². The van der Waals surface area contributed by atoms with Crippen LogP contribution in [0, 0.1) is 0 Å². The number of aromatic nitrogens is 1. The van der Waals surface area contributed by atoms with Crippen LogP contribution < -0.4 is 4.90 Å². The molecule has 14 rings (SSSR count). The summed E-state index contributed by atoms with van der Waals surface area (Å²) in [6.45, 7) is 0. The molecule has 0 amide bonds. The van der Waals surface area contributed by atoms with E-state index in [-0.39, 0.29) is 0 Å². The van der Waals surface area contributed by atoms with Crippen molar-refractivity contribution in [3.05, 3.63) is 301 Å². The second kappa shape index (κ2) is 16.5. The quantitative estimate of drug-likeness (QED) is 0.147. The maximum atomic E-state index is 2.48. The van der Waals surface area contributed by atoms with Gasteiger partial charge >= 0.3 is 0 Å². The predicted molar refractivity (Wildman–Crippen MR) is 299 cm³/mol. The van der Waals surface area contributed by atoms with Gasteiger partial charge in [0.1, 0.15) is 0 Å². The van der Waals surface area contributed by atoms with Crippen LogP contribution >= 0.6 is 0 Å². The Hall–Kier alpha value is -9.24. The van der Waals surface area contributed by atoms with Gasteiger partial charge in [-0.3, -0.25) is 0 Å². The Balaban J connectivity index is 0.927. The molecule has 0 saturated heterocycles. The largest absolute Gasteiger partial charge is 0.310 e. The number of nitrogens with zero attached hydrogens (tertiary/aromatic N) is 2. The molecule has 12 aromatic carbocycles. The molecular formula is C69H46N2. The first-order chi connectivity index (χ1) is 35.2. The van der Waals surface area contributed by atoms with E-state index in [1.807, 2.05) is 0 Å². The number of hydrogen-bond donors (Lipinski definition) is 0. The number of fused-ring (bicyclic) bond motifs is 8. The number of hydrogen-bond acceptors (Lipinski definition) is 1. The molecule has 1 aromatic heterocycles. The Bertz CT molecular complexity index is 4110. The Morgan fingerprint density at radius 2 is 0.859 bits per heavy atom. The average molecular weight is 903 g/mol. The smallest absolute Gasteiger partial charge is 0.0714 e. The zero-order chi connectivity index (χ0) is 46.9. The molecule has 1 aliphatic rings. The third-order valence-electron chi connectivity index (χ3n) is 15.0. The summed E-state index contributed by atoms with van der Waals surface area (Å²) in [5.41, 5.74) is 18.9. The molecule has 71 heavy (non-hydrogen) atoms. The van der Waals surface area contributed by atoms with Crippen LogP contribution in [0.2, 0.25) is 0 Å². The van der Waals surface area contributed by atoms with Gasteiger partial charge in [0.2, 0.25) is 0 Å². The lowest BCUT2D eigenvalue weighted by Gasteiger charge is -2.34. The second-order valence-electron chi connectivity index (χ2n) is 18.8. The van der Waals surface area contributed by atoms with Crippen LogP contribution in [0.5, 0.6) is 0 Å². The Kier molecular flexibility index (Phi) is 9.47. The highest BCUT2D eigenvalue weighted by atomic mass is 15.1. The first-order valence-corrected chi connectivity index (χ1v) is 24.6. The van der Waals surface area contributed by atoms with Gasteiger partial charge in [0, 0.05) is 33.2 Å². The van der Waals surface area contributed by atoms with E-state index >= 15 is 0 Å². The van der Waals surface area contributed by atoms with Gasteiger partial charge in [-0.2, -0.15) is 0 Å². The Morgan fingerprint density at radius 1 is 0.296 bits per heavy atom. The van der Waals surface area contributed by atoms with Crippen LogP contribution in [0.25, 0.3) is 82.4 Å². The van der Waals surface area contributed by atoms with Crippen molar-refractivity contribution in [2.24, 2.45) is 0 Å². The third-order valence-corrected chi connectivity index (χ3v) is 15.0. The van der Waals surface area contributed by atoms with E-state index in [1.54, 1.807) is 0 Å². The molecule has 0 radical (unpaired) electrons. The molecule has 1 aliphatic carbocycles. The van der Waals surface area contributed by atoms with E-state index in [0.717, 1.165) is 22.7 Å². The highest BCUT2D eigenvalue weighted by molar-refractivity contribution is 6.13. The highest BCUT2D eigenvalue weighted by Crippen LogP contribution is 2.57. The van der Waals surface area contributed by atoms with Crippen molar-refractivity contribution >= 4 is 60.4 Å². The van der Waals surface area contributed by atoms with Gasteiger partial charge in [0.15, 0.2) is 0 Å². The van der Waals surface area contributed by atoms with Crippen LogP contribution in [-0.2, 0) is 5.41 Å². The molecule has 0 atom stereocenters. The van der Waals surface area contributed by atoms with E-state index in [1.165, 1.54) is 99.0 Å². The Labute approximate surface area is 413 Å². The van der Waals surface area contributed by atoms with Crippen LogP contribution in [0.15, 0.2) is 279 Å². The average Bonchev–Trinajstić information content (AvgIpc) is 3.94. The normalized spacial score (nSPS) is 12.6. The summed E-state index contributed by atoms with van der Waals surface area (Å²) in [5.74, 6) is 0. The third kappa shape index (κ3) is 6.42. The van der Waals surface area contributed by atoms with Gasteiger partial charge in [0.05, 0.1) is 22.1 Å². The first-order valence-electron chi connectivity index (χ1n) is 24.6. The van der Waals surface area contributed by atoms with Crippen molar-refractivity contribution in [2.45, 2.75) is 5.41 Å². The van der Waals surface area contributed by atoms with Gasteiger partial charge < -0.3 is 9.47 Å². The van der Waals surface area contributed by atoms with Gasteiger partial charge in [-0.1, -0.05) is 218 Å². The summed E-state index contributed by atoms with van der Waals surface area (Å²) >= 11 is 0. The highest BCUT2D eigenvalue weighted by Gasteiger charge is 2.46. The Morgan fingerprint density at radius 3 is 1.63 bits per heavy atom. The number of benzene rings is 12. The van der Waals surface area contributed by atoms with Crippen LogP contribution in [0.4, 0.5) is 17.1 Å². The summed E-state index contributed by atoms with van der Waals surface area (Å²) in [4.78, 5) is 2.42. The minimum Gasteiger partial charge on any atom is -0.310 e. The summed E-state index contributed by atoms with van der Waals surface area (Å²) in [5, 5.41) is 7.28. The lowest BCUT2D eigenvalue weighted by atomic mass is 9.67. The monoisotopic (exact) mass is 902 g/mol. The molecule has 0 aliphatic heterocycles. The SMILES string of the molecule is c1ccc(-c2ccc(N(c3ccc4ccccc4c3)c3ccc(-c4ccc5c(c4)c4ccccc4n5-c4ccc5c(c4)C(c4ccccc4)(c4ccccc4)c4ccccc4-5)c4ccccc34)cc2)cc1. The summed E-state index contributed by atoms with van der Waals surface area (Å²) in [6, 6.07) is 103. The molecular weight excluding hydrogens is 857 g/mol. The number of para-hydroxylation sites is 1. The van der Waals surface area contributed by atoms with E-state index < -0.39 is 5.41 Å². The minimum absolute atomic E-state index is 0.487. The fraction of sp³-hybridized carbons (Fsp3) is 0.0145. The summed E-state index contributed by atoms with van der Waals surface area (Å²) in [7, 11) is 0. The van der Waals surface area contributed by atoms with Crippen molar-refractivity contribution in [2.75, 3.05) is 4.90 Å². The van der Waals surface area contributed by atoms with Crippen LogP contribution in [-0.4, -0.2) is 4.57 Å². The lowest BCUT2D eigenvalue weighted by Crippen LogP contribution is -2.28. The van der Waals surface area contributed by atoms with Crippen LogP contribution in [0.1, 0.15) is 22.3 Å². The molecule has 0 N–H and O–H groups in total. The van der Waals surface area contributed by atoms with Gasteiger partial charge in [0.25, 0.3) is 0 Å². The maximum absolute atomic E-state index is 2.48. The number of rotatable bonds is 8. The van der Waals surface area contributed by atoms with Crippen LogP contribution in [0.3, 0.4) is 0 Å². The molecule has 0 unspecified atom stereocenters. The first kappa shape index (κ1) is 40.8. The maximum Gasteiger partial charge on any atom is 0.0714 e. The minimum atomic E-state index is -0.487. The lowest BCUT2D eigenvalue weighted by molar-refractivity contribution is 0.767. The molecule has 13 aromatic rings. The molecule has 0 spiro atoms. The van der Waals surface area contributed by atoms with Gasteiger partial charge in [-0.25, -0.2) is 0 Å². The standard InChI is InChI=1S/C69H46N2/c1-4-18-47(19-5-1)49-32-36-54(37-33-49)70(55-38-34-48-20-10-11-21-50(48)44-55)67-43-41-57(58-26-12-13-28-61(58)67)51-35-42-68-63(45-51)62-29-15-17-31-66(62)71(68)56-39-40-60-59-27-14-16-30-64(59)69(65(60)46-56,52-22-6-2-7-23-52)53-24-8-3-9-25-53/h1-46H. The van der Waals surface area contributed by atoms with E-state index in [9.17, 15) is 0 Å². The van der Waals surface area contributed by atoms with E-state index in [4.69, 9.17) is 0 Å². The van der Waals surface area contributed by atoms with Crippen molar-refractivity contribution in [1.82, 2.24) is 4.57 Å². The number of anilines is 3. The van der Waals surface area contributed by atoms with Crippen molar-refractivity contribution < 1.29 is 0 Å². The second-order valence-corrected chi connectivity index (χ2v) is 18.8. The van der Waals surface area contributed by atoms with E-state index in [2.05, 4.69) is 289 Å². The van der Waals surface area contributed by atoms with Gasteiger partial charge in [-0.15, -0.1) is 0 Å².